The number of nitrogens with one attached hydrogen (secondary N) is 3. The molecule has 0 unspecified atom stereocenters. The summed E-state index contributed by atoms with van der Waals surface area (Å²) in [5, 5.41) is 11.6. The summed E-state index contributed by atoms with van der Waals surface area (Å²) >= 11 is 0. The van der Waals surface area contributed by atoms with Crippen LogP contribution in [0, 0.1) is 4.91 Å². The Morgan fingerprint density at radius 3 is 1.80 bits per heavy atom. The number of nitrogens with zero attached hydrogens (tertiary/aromatic N) is 1. The number of carbonyl (C=O) groups excluding carboxylic acids is 3. The Morgan fingerprint density at radius 1 is 0.667 bits per heavy atom. The van der Waals surface area contributed by atoms with Crippen molar-refractivity contribution in [2.24, 2.45) is 5.18 Å². The number of amides is 3. The molecule has 2 atom stereocenters. The zero-order chi connectivity index (χ0) is 31.1. The smallest absolute Gasteiger partial charge is 0.251 e. The summed E-state index contributed by atoms with van der Waals surface area (Å²) in [6, 6.07) is 30.8. The van der Waals surface area contributed by atoms with Gasteiger partial charge < -0.3 is 20.7 Å². The topological polar surface area (TPSA) is 126 Å². The third-order valence-electron chi connectivity index (χ3n) is 6.98. The zero-order valence-electron chi connectivity index (χ0n) is 25.0. The van der Waals surface area contributed by atoms with E-state index in [0.717, 1.165) is 22.3 Å². The number of ether oxygens (including phenoxy) is 1. The highest BCUT2D eigenvalue weighted by molar-refractivity contribution is 5.98. The van der Waals surface area contributed by atoms with Gasteiger partial charge in [-0.2, -0.15) is 4.91 Å². The van der Waals surface area contributed by atoms with Crippen LogP contribution in [0.25, 0.3) is 0 Å². The molecule has 3 amide bonds. The normalized spacial score (nSPS) is 11.7. The van der Waals surface area contributed by atoms with Crippen molar-refractivity contribution in [3.05, 3.63) is 142 Å². The Labute approximate surface area is 269 Å². The van der Waals surface area contributed by atoms with Gasteiger partial charge in [-0.3, -0.25) is 14.4 Å². The molecule has 10 heteroatoms. The van der Waals surface area contributed by atoms with Gasteiger partial charge >= 0.3 is 0 Å². The summed E-state index contributed by atoms with van der Waals surface area (Å²) in [5.41, 5.74) is 3.72. The molecule has 0 saturated carbocycles. The van der Waals surface area contributed by atoms with E-state index in [1.54, 1.807) is 36.4 Å². The van der Waals surface area contributed by atoms with Crippen LogP contribution in [0.1, 0.15) is 39.5 Å². The summed E-state index contributed by atoms with van der Waals surface area (Å²) in [6.07, 6.45) is 0.462. The van der Waals surface area contributed by atoms with Crippen LogP contribution in [0.4, 0.5) is 0 Å². The lowest BCUT2D eigenvalue weighted by molar-refractivity contribution is -0.130. The van der Waals surface area contributed by atoms with Gasteiger partial charge in [0.15, 0.2) is 0 Å². The molecule has 4 rings (SSSR count). The lowest BCUT2D eigenvalue weighted by Gasteiger charge is -2.24. The molecule has 0 spiro atoms. The maximum Gasteiger partial charge on any atom is 0.251 e. The third kappa shape index (κ3) is 10.9. The molecule has 0 fully saturated rings. The van der Waals surface area contributed by atoms with Crippen molar-refractivity contribution in [3.63, 3.8) is 0 Å². The van der Waals surface area contributed by atoms with E-state index in [1.807, 2.05) is 79.7 Å². The van der Waals surface area contributed by atoms with Gasteiger partial charge in [-0.1, -0.05) is 90.1 Å². The second kappa shape index (κ2) is 17.9. The lowest BCUT2D eigenvalue weighted by Crippen LogP contribution is -2.55. The SMILES string of the molecule is CCOc1ccc(C[C@@H](NC(=O)c2ccccc2)C(=O)N[C@@H](Cc2ccccc2)C(=O)NCc2ccc(CN=O)cc2)cc1.Cl. The Morgan fingerprint density at radius 2 is 1.20 bits per heavy atom. The molecule has 0 saturated heterocycles. The van der Waals surface area contributed by atoms with E-state index in [0.29, 0.717) is 17.9 Å². The molecule has 234 valence electrons. The third-order valence-corrected chi connectivity index (χ3v) is 6.98. The first-order chi connectivity index (χ1) is 21.4. The highest BCUT2D eigenvalue weighted by atomic mass is 35.5. The van der Waals surface area contributed by atoms with E-state index in [9.17, 15) is 19.3 Å². The predicted octanol–water partition coefficient (Wildman–Crippen LogP) is 5.16. The first-order valence-corrected chi connectivity index (χ1v) is 14.5. The second-order valence-electron chi connectivity index (χ2n) is 10.2. The molecule has 3 N–H and O–H groups in total. The average molecular weight is 629 g/mol. The van der Waals surface area contributed by atoms with Crippen LogP contribution < -0.4 is 20.7 Å². The van der Waals surface area contributed by atoms with Crippen molar-refractivity contribution >= 4 is 30.1 Å². The Kier molecular flexibility index (Phi) is 13.7. The molecule has 0 bridgehead atoms. The van der Waals surface area contributed by atoms with Gasteiger partial charge in [0, 0.05) is 24.9 Å². The summed E-state index contributed by atoms with van der Waals surface area (Å²) in [7, 11) is 0. The minimum Gasteiger partial charge on any atom is -0.494 e. The second-order valence-corrected chi connectivity index (χ2v) is 10.2. The maximum absolute atomic E-state index is 13.8. The van der Waals surface area contributed by atoms with Crippen LogP contribution in [0.5, 0.6) is 5.75 Å². The highest BCUT2D eigenvalue weighted by Gasteiger charge is 2.27. The van der Waals surface area contributed by atoms with Gasteiger partial charge in [0.1, 0.15) is 24.4 Å². The molecule has 45 heavy (non-hydrogen) atoms. The predicted molar refractivity (Wildman–Crippen MR) is 176 cm³/mol. The van der Waals surface area contributed by atoms with Crippen molar-refractivity contribution in [2.75, 3.05) is 6.61 Å². The summed E-state index contributed by atoms with van der Waals surface area (Å²) in [5.74, 6) is -0.533. The molecule has 0 aliphatic heterocycles. The maximum atomic E-state index is 13.8. The number of nitroso groups, excluding NO2 is 1. The van der Waals surface area contributed by atoms with Gasteiger partial charge in [-0.05, 0) is 53.4 Å². The Balaban J connectivity index is 0.00000552. The van der Waals surface area contributed by atoms with Gasteiger partial charge in [0.2, 0.25) is 11.8 Å². The van der Waals surface area contributed by atoms with E-state index in [4.69, 9.17) is 4.74 Å². The van der Waals surface area contributed by atoms with E-state index < -0.39 is 23.9 Å². The van der Waals surface area contributed by atoms with Crippen LogP contribution in [-0.2, 0) is 35.5 Å². The van der Waals surface area contributed by atoms with Crippen molar-refractivity contribution in [2.45, 2.75) is 44.9 Å². The standard InChI is InChI=1S/C35H36N4O5.ClH/c1-2-44-30-19-17-26(18-20-30)22-32(38-33(40)29-11-7-4-8-12-29)35(42)39-31(21-25-9-5-3-6-10-25)34(41)36-23-27-13-15-28(16-14-27)24-37-43;/h3-20,31-32H,2,21-24H2,1H3,(H,36,41)(H,38,40)(H,39,42);1H/t31-,32+;/m0./s1. The first-order valence-electron chi connectivity index (χ1n) is 14.5. The van der Waals surface area contributed by atoms with E-state index in [2.05, 4.69) is 21.1 Å². The monoisotopic (exact) mass is 628 g/mol. The van der Waals surface area contributed by atoms with Crippen molar-refractivity contribution in [1.29, 1.82) is 0 Å². The fraction of sp³-hybridized carbons (Fsp3) is 0.229. The zero-order valence-corrected chi connectivity index (χ0v) is 25.8. The minimum atomic E-state index is -0.953. The molecule has 0 radical (unpaired) electrons. The van der Waals surface area contributed by atoms with Crippen molar-refractivity contribution in [3.8, 4) is 5.75 Å². The molecule has 0 aromatic heterocycles. The number of hydrogen-bond donors (Lipinski definition) is 3. The van der Waals surface area contributed by atoms with Crippen molar-refractivity contribution < 1.29 is 19.1 Å². The lowest BCUT2D eigenvalue weighted by atomic mass is 10.0. The van der Waals surface area contributed by atoms with Gasteiger partial charge in [0.25, 0.3) is 5.91 Å². The molecule has 4 aromatic carbocycles. The molecule has 4 aromatic rings. The number of hydrogen-bond acceptors (Lipinski definition) is 6. The molecular formula is C35H37ClN4O5. The molecule has 9 nitrogen and oxygen atoms in total. The fourth-order valence-electron chi connectivity index (χ4n) is 4.65. The fourth-order valence-corrected chi connectivity index (χ4v) is 4.65. The first kappa shape index (κ1) is 34.5. The van der Waals surface area contributed by atoms with E-state index >= 15 is 0 Å². The highest BCUT2D eigenvalue weighted by Crippen LogP contribution is 2.15. The molecular weight excluding hydrogens is 592 g/mol. The largest absolute Gasteiger partial charge is 0.494 e. The quantitative estimate of drug-likeness (QED) is 0.157. The number of halogens is 1. The summed E-state index contributed by atoms with van der Waals surface area (Å²) in [4.78, 5) is 50.9. The molecule has 0 aliphatic carbocycles. The summed E-state index contributed by atoms with van der Waals surface area (Å²) < 4.78 is 5.53. The molecule has 0 aliphatic rings. The van der Waals surface area contributed by atoms with Gasteiger partial charge in [-0.25, -0.2) is 0 Å². The number of rotatable bonds is 15. The van der Waals surface area contributed by atoms with E-state index in [1.165, 1.54) is 0 Å². The minimum absolute atomic E-state index is 0. The van der Waals surface area contributed by atoms with Crippen molar-refractivity contribution in [1.82, 2.24) is 16.0 Å². The molecule has 0 heterocycles. The van der Waals surface area contributed by atoms with E-state index in [-0.39, 0.29) is 44.2 Å². The Bertz CT molecular complexity index is 1520. The Hall–Kier alpha value is -5.02. The number of carbonyl (C=O) groups is 3. The van der Waals surface area contributed by atoms with Crippen LogP contribution in [-0.4, -0.2) is 36.4 Å². The van der Waals surface area contributed by atoms with Gasteiger partial charge in [-0.15, -0.1) is 12.4 Å². The van der Waals surface area contributed by atoms with Crippen LogP contribution in [0.3, 0.4) is 0 Å². The van der Waals surface area contributed by atoms with Crippen LogP contribution in [0.2, 0.25) is 0 Å². The van der Waals surface area contributed by atoms with Crippen LogP contribution >= 0.6 is 12.4 Å². The number of benzene rings is 4. The summed E-state index contributed by atoms with van der Waals surface area (Å²) in [6.45, 7) is 2.75. The van der Waals surface area contributed by atoms with Gasteiger partial charge in [0.05, 0.1) is 6.61 Å². The van der Waals surface area contributed by atoms with Crippen LogP contribution in [0.15, 0.2) is 114 Å². The average Bonchev–Trinajstić information content (AvgIpc) is 3.05.